The van der Waals surface area contributed by atoms with Crippen LogP contribution in [0, 0.1) is 5.82 Å². The topological polar surface area (TPSA) is 12.0 Å². The van der Waals surface area contributed by atoms with E-state index in [1.165, 1.54) is 11.8 Å². The molecule has 0 bridgehead atoms. The van der Waals surface area contributed by atoms with E-state index in [1.54, 1.807) is 18.2 Å². The Morgan fingerprint density at radius 1 is 1.17 bits per heavy atom. The van der Waals surface area contributed by atoms with E-state index < -0.39 is 0 Å². The minimum Gasteiger partial charge on any atom is -0.316 e. The number of hydrogen-bond donors (Lipinski definition) is 1. The van der Waals surface area contributed by atoms with Crippen molar-refractivity contribution in [2.24, 2.45) is 0 Å². The molecule has 0 aromatic heterocycles. The van der Waals surface area contributed by atoms with Crippen molar-refractivity contribution >= 4 is 23.4 Å². The molecule has 4 heteroatoms. The lowest BCUT2D eigenvalue weighted by Gasteiger charge is -2.07. The highest BCUT2D eigenvalue weighted by molar-refractivity contribution is 7.99. The SMILES string of the molecule is CNCc1ccc(Sc2ccccc2Cl)c(F)c1. The van der Waals surface area contributed by atoms with Crippen LogP contribution in [0.4, 0.5) is 4.39 Å². The fourth-order valence-corrected chi connectivity index (χ4v) is 2.68. The maximum atomic E-state index is 13.9. The normalized spacial score (nSPS) is 10.6. The number of benzene rings is 2. The third kappa shape index (κ3) is 3.25. The van der Waals surface area contributed by atoms with E-state index in [0.717, 1.165) is 10.5 Å². The Bertz CT molecular complexity index is 545. The number of hydrogen-bond acceptors (Lipinski definition) is 2. The van der Waals surface area contributed by atoms with Gasteiger partial charge in [-0.15, -0.1) is 0 Å². The number of halogens is 2. The van der Waals surface area contributed by atoms with E-state index in [1.807, 2.05) is 31.3 Å². The zero-order chi connectivity index (χ0) is 13.0. The summed E-state index contributed by atoms with van der Waals surface area (Å²) in [5.74, 6) is -0.215. The average Bonchev–Trinajstić information content (AvgIpc) is 2.35. The molecule has 2 aromatic carbocycles. The van der Waals surface area contributed by atoms with Crippen molar-refractivity contribution < 1.29 is 4.39 Å². The Balaban J connectivity index is 2.22. The van der Waals surface area contributed by atoms with Gasteiger partial charge >= 0.3 is 0 Å². The lowest BCUT2D eigenvalue weighted by atomic mass is 10.2. The first-order valence-electron chi connectivity index (χ1n) is 5.56. The van der Waals surface area contributed by atoms with E-state index in [-0.39, 0.29) is 5.82 Å². The molecule has 0 unspecified atom stereocenters. The average molecular weight is 282 g/mol. The summed E-state index contributed by atoms with van der Waals surface area (Å²) in [6.45, 7) is 0.661. The highest BCUT2D eigenvalue weighted by atomic mass is 35.5. The van der Waals surface area contributed by atoms with Crippen molar-refractivity contribution in [2.75, 3.05) is 7.05 Å². The Morgan fingerprint density at radius 2 is 1.94 bits per heavy atom. The molecule has 94 valence electrons. The molecule has 0 fully saturated rings. The van der Waals surface area contributed by atoms with Crippen LogP contribution in [0.1, 0.15) is 5.56 Å². The van der Waals surface area contributed by atoms with Crippen LogP contribution in [0.3, 0.4) is 0 Å². The van der Waals surface area contributed by atoms with Gasteiger partial charge in [-0.1, -0.05) is 41.6 Å². The maximum absolute atomic E-state index is 13.9. The molecule has 1 N–H and O–H groups in total. The molecule has 0 spiro atoms. The molecule has 0 aliphatic carbocycles. The molecule has 0 aliphatic rings. The predicted octanol–water partition coefficient (Wildman–Crippen LogP) is 4.35. The van der Waals surface area contributed by atoms with Gasteiger partial charge in [-0.25, -0.2) is 4.39 Å². The molecule has 0 radical (unpaired) electrons. The summed E-state index contributed by atoms with van der Waals surface area (Å²) in [6.07, 6.45) is 0. The van der Waals surface area contributed by atoms with Gasteiger partial charge in [0.15, 0.2) is 0 Å². The monoisotopic (exact) mass is 281 g/mol. The predicted molar refractivity (Wildman–Crippen MR) is 74.7 cm³/mol. The van der Waals surface area contributed by atoms with Crippen LogP contribution >= 0.6 is 23.4 Å². The van der Waals surface area contributed by atoms with Gasteiger partial charge in [-0.05, 0) is 36.9 Å². The quantitative estimate of drug-likeness (QED) is 0.894. The zero-order valence-electron chi connectivity index (χ0n) is 9.91. The molecule has 2 aromatic rings. The van der Waals surface area contributed by atoms with E-state index in [2.05, 4.69) is 5.32 Å². The summed E-state index contributed by atoms with van der Waals surface area (Å²) in [6, 6.07) is 12.7. The summed E-state index contributed by atoms with van der Waals surface area (Å²) in [5.41, 5.74) is 0.929. The Labute approximate surface area is 115 Å². The van der Waals surface area contributed by atoms with E-state index in [0.29, 0.717) is 16.5 Å². The largest absolute Gasteiger partial charge is 0.316 e. The zero-order valence-corrected chi connectivity index (χ0v) is 11.5. The molecular formula is C14H13ClFNS. The molecule has 2 rings (SSSR count). The number of rotatable bonds is 4. The summed E-state index contributed by atoms with van der Waals surface area (Å²) >= 11 is 7.39. The first-order valence-corrected chi connectivity index (χ1v) is 6.75. The van der Waals surface area contributed by atoms with Gasteiger partial charge in [0.2, 0.25) is 0 Å². The summed E-state index contributed by atoms with van der Waals surface area (Å²) < 4.78 is 13.9. The van der Waals surface area contributed by atoms with E-state index >= 15 is 0 Å². The lowest BCUT2D eigenvalue weighted by molar-refractivity contribution is 0.598. The Kier molecular flexibility index (Phi) is 4.64. The van der Waals surface area contributed by atoms with Crippen molar-refractivity contribution in [1.29, 1.82) is 0 Å². The van der Waals surface area contributed by atoms with Crippen LogP contribution in [0.5, 0.6) is 0 Å². The van der Waals surface area contributed by atoms with Crippen LogP contribution in [0.15, 0.2) is 52.3 Å². The van der Waals surface area contributed by atoms with Gasteiger partial charge in [0.25, 0.3) is 0 Å². The minimum absolute atomic E-state index is 0.215. The van der Waals surface area contributed by atoms with Crippen molar-refractivity contribution in [3.8, 4) is 0 Å². The molecule has 0 aliphatic heterocycles. The van der Waals surface area contributed by atoms with Gasteiger partial charge in [0, 0.05) is 16.3 Å². The van der Waals surface area contributed by atoms with Crippen molar-refractivity contribution in [3.63, 3.8) is 0 Å². The fraction of sp³-hybridized carbons (Fsp3) is 0.143. The van der Waals surface area contributed by atoms with Crippen LogP contribution in [0.25, 0.3) is 0 Å². The highest BCUT2D eigenvalue weighted by Crippen LogP contribution is 2.34. The number of nitrogens with one attached hydrogen (secondary N) is 1. The summed E-state index contributed by atoms with van der Waals surface area (Å²) in [4.78, 5) is 1.45. The smallest absolute Gasteiger partial charge is 0.137 e. The second-order valence-electron chi connectivity index (χ2n) is 3.83. The molecule has 0 amide bonds. The minimum atomic E-state index is -0.215. The second kappa shape index (κ2) is 6.23. The fourth-order valence-electron chi connectivity index (χ4n) is 1.59. The first-order chi connectivity index (χ1) is 8.70. The third-order valence-electron chi connectivity index (χ3n) is 2.43. The molecule has 0 saturated heterocycles. The maximum Gasteiger partial charge on any atom is 0.137 e. The third-order valence-corrected chi connectivity index (χ3v) is 4.00. The van der Waals surface area contributed by atoms with Crippen LogP contribution < -0.4 is 5.32 Å². The summed E-state index contributed by atoms with van der Waals surface area (Å²) in [5, 5.41) is 3.63. The molecule has 18 heavy (non-hydrogen) atoms. The molecule has 0 heterocycles. The van der Waals surface area contributed by atoms with Crippen LogP contribution in [0.2, 0.25) is 5.02 Å². The van der Waals surface area contributed by atoms with E-state index in [9.17, 15) is 4.39 Å². The molecule has 1 nitrogen and oxygen atoms in total. The van der Waals surface area contributed by atoms with Gasteiger partial charge in [-0.3, -0.25) is 0 Å². The first kappa shape index (κ1) is 13.4. The standard InChI is InChI=1S/C14H13ClFNS/c1-17-9-10-6-7-14(12(16)8-10)18-13-5-3-2-4-11(13)15/h2-8,17H,9H2,1H3. The molecule has 0 saturated carbocycles. The summed E-state index contributed by atoms with van der Waals surface area (Å²) in [7, 11) is 1.84. The molecule has 0 atom stereocenters. The van der Waals surface area contributed by atoms with Gasteiger partial charge in [0.1, 0.15) is 5.82 Å². The van der Waals surface area contributed by atoms with Crippen molar-refractivity contribution in [2.45, 2.75) is 16.3 Å². The van der Waals surface area contributed by atoms with Gasteiger partial charge in [0.05, 0.1) is 5.02 Å². The second-order valence-corrected chi connectivity index (χ2v) is 5.32. The van der Waals surface area contributed by atoms with Gasteiger partial charge in [-0.2, -0.15) is 0 Å². The van der Waals surface area contributed by atoms with Crippen molar-refractivity contribution in [3.05, 3.63) is 58.9 Å². The van der Waals surface area contributed by atoms with Crippen molar-refractivity contribution in [1.82, 2.24) is 5.32 Å². The Morgan fingerprint density at radius 3 is 2.61 bits per heavy atom. The Hall–Kier alpha value is -1.03. The molecular weight excluding hydrogens is 269 g/mol. The lowest BCUT2D eigenvalue weighted by Crippen LogP contribution is -2.05. The van der Waals surface area contributed by atoms with Crippen LogP contribution in [-0.2, 0) is 6.54 Å². The highest BCUT2D eigenvalue weighted by Gasteiger charge is 2.07. The van der Waals surface area contributed by atoms with E-state index in [4.69, 9.17) is 11.6 Å². The van der Waals surface area contributed by atoms with Gasteiger partial charge < -0.3 is 5.32 Å². The van der Waals surface area contributed by atoms with Crippen LogP contribution in [-0.4, -0.2) is 7.05 Å².